The summed E-state index contributed by atoms with van der Waals surface area (Å²) < 4.78 is 38.4. The highest BCUT2D eigenvalue weighted by atomic mass is 32.2. The van der Waals surface area contributed by atoms with E-state index in [9.17, 15) is 23.3 Å². The smallest absolute Gasteiger partial charge is 0.312 e. The number of benzene rings is 2. The van der Waals surface area contributed by atoms with Crippen molar-refractivity contribution in [2.45, 2.75) is 30.3 Å². The van der Waals surface area contributed by atoms with Crippen LogP contribution < -0.4 is 4.74 Å². The van der Waals surface area contributed by atoms with Gasteiger partial charge in [0.25, 0.3) is 5.91 Å². The average Bonchev–Trinajstić information content (AvgIpc) is 2.88. The largest absolute Gasteiger partial charge is 0.469 e. The third-order valence-corrected chi connectivity index (χ3v) is 7.87. The van der Waals surface area contributed by atoms with Crippen LogP contribution in [0.4, 0.5) is 5.69 Å². The van der Waals surface area contributed by atoms with Gasteiger partial charge in [-0.25, -0.2) is 8.42 Å². The molecular formula is C23H27N3O7S. The fourth-order valence-corrected chi connectivity index (χ4v) is 5.56. The van der Waals surface area contributed by atoms with E-state index in [0.717, 1.165) is 25.3 Å². The van der Waals surface area contributed by atoms with Crippen molar-refractivity contribution in [3.05, 3.63) is 64.2 Å². The molecule has 0 radical (unpaired) electrons. The number of amides is 1. The van der Waals surface area contributed by atoms with Crippen molar-refractivity contribution in [2.75, 3.05) is 39.4 Å². The molecule has 2 aromatic carbocycles. The summed E-state index contributed by atoms with van der Waals surface area (Å²) in [5.41, 5.74) is 0.0547. The number of hydrogen-bond donors (Lipinski definition) is 0. The van der Waals surface area contributed by atoms with Gasteiger partial charge in [0.05, 0.1) is 23.0 Å². The first-order valence-electron chi connectivity index (χ1n) is 11.2. The van der Waals surface area contributed by atoms with E-state index in [1.54, 1.807) is 35.2 Å². The molecule has 2 aliphatic rings. The Morgan fingerprint density at radius 2 is 1.68 bits per heavy atom. The van der Waals surface area contributed by atoms with Gasteiger partial charge in [0.15, 0.2) is 5.75 Å². The molecule has 2 heterocycles. The van der Waals surface area contributed by atoms with Crippen LogP contribution in [0.1, 0.15) is 30.9 Å². The molecule has 1 atom stereocenters. The second-order valence-electron chi connectivity index (χ2n) is 8.20. The van der Waals surface area contributed by atoms with Crippen LogP contribution in [0, 0.1) is 10.1 Å². The van der Waals surface area contributed by atoms with E-state index in [4.69, 9.17) is 9.47 Å². The molecule has 1 amide bonds. The lowest BCUT2D eigenvalue weighted by atomic mass is 10.1. The van der Waals surface area contributed by atoms with Crippen molar-refractivity contribution in [1.29, 1.82) is 0 Å². The van der Waals surface area contributed by atoms with Crippen molar-refractivity contribution >= 4 is 21.6 Å². The maximum absolute atomic E-state index is 13.3. The number of ether oxygens (including phenoxy) is 2. The fourth-order valence-electron chi connectivity index (χ4n) is 4.13. The van der Waals surface area contributed by atoms with Gasteiger partial charge in [-0.1, -0.05) is 30.3 Å². The van der Waals surface area contributed by atoms with Gasteiger partial charge in [-0.2, -0.15) is 4.31 Å². The van der Waals surface area contributed by atoms with E-state index in [0.29, 0.717) is 18.7 Å². The van der Waals surface area contributed by atoms with Crippen molar-refractivity contribution in [3.8, 4) is 5.75 Å². The average molecular weight is 490 g/mol. The first kappa shape index (κ1) is 24.1. The van der Waals surface area contributed by atoms with E-state index < -0.39 is 26.7 Å². The van der Waals surface area contributed by atoms with Crippen molar-refractivity contribution in [1.82, 2.24) is 9.21 Å². The summed E-state index contributed by atoms with van der Waals surface area (Å²) in [7, 11) is -3.93. The summed E-state index contributed by atoms with van der Waals surface area (Å²) in [6, 6.07) is 12.3. The molecule has 11 heteroatoms. The molecule has 0 aliphatic carbocycles. The van der Waals surface area contributed by atoms with E-state index >= 15 is 0 Å². The molecule has 2 saturated heterocycles. The third-order valence-electron chi connectivity index (χ3n) is 5.97. The Kier molecular flexibility index (Phi) is 7.44. The number of rotatable bonds is 7. The van der Waals surface area contributed by atoms with Gasteiger partial charge in [0.1, 0.15) is 0 Å². The zero-order chi connectivity index (χ0) is 24.1. The van der Waals surface area contributed by atoms with E-state index in [1.165, 1.54) is 16.4 Å². The van der Waals surface area contributed by atoms with Gasteiger partial charge < -0.3 is 14.4 Å². The highest BCUT2D eigenvalue weighted by molar-refractivity contribution is 7.89. The minimum absolute atomic E-state index is 0.162. The number of piperidine rings is 1. The summed E-state index contributed by atoms with van der Waals surface area (Å²) >= 11 is 0. The standard InChI is InChI=1S/C23H27N3O7S/c27-23(24-11-5-2-6-12-24)22(18-7-3-1-4-8-18)33-21-10-9-19(17-20(21)26(28)29)34(30,31)25-13-15-32-16-14-25/h1,3-4,7-10,17,22H,2,5-6,11-16H2/t22-/m0/s1. The Morgan fingerprint density at radius 1 is 1.00 bits per heavy atom. The second kappa shape index (κ2) is 10.5. The Hall–Kier alpha value is -3.02. The number of hydrogen-bond acceptors (Lipinski definition) is 7. The summed E-state index contributed by atoms with van der Waals surface area (Å²) in [4.78, 5) is 26.0. The number of carbonyl (C=O) groups is 1. The maximum Gasteiger partial charge on any atom is 0.312 e. The monoisotopic (exact) mass is 489 g/mol. The predicted octanol–water partition coefficient (Wildman–Crippen LogP) is 2.75. The van der Waals surface area contributed by atoms with Gasteiger partial charge in [-0.05, 0) is 31.4 Å². The Morgan fingerprint density at radius 3 is 2.32 bits per heavy atom. The van der Waals surface area contributed by atoms with Crippen LogP contribution in [-0.4, -0.2) is 67.8 Å². The molecular weight excluding hydrogens is 462 g/mol. The minimum Gasteiger partial charge on any atom is -0.469 e. The summed E-state index contributed by atoms with van der Waals surface area (Å²) in [6.45, 7) is 2.08. The minimum atomic E-state index is -3.93. The number of carbonyl (C=O) groups excluding carboxylic acids is 1. The summed E-state index contributed by atoms with van der Waals surface area (Å²) in [5, 5.41) is 11.9. The lowest BCUT2D eigenvalue weighted by Gasteiger charge is -2.30. The second-order valence-corrected chi connectivity index (χ2v) is 10.1. The van der Waals surface area contributed by atoms with E-state index in [-0.39, 0.29) is 42.9 Å². The van der Waals surface area contributed by atoms with Crippen LogP contribution in [0.3, 0.4) is 0 Å². The normalized spacial score (nSPS) is 18.3. The Labute approximate surface area is 198 Å². The molecule has 182 valence electrons. The quantitative estimate of drug-likeness (QED) is 0.433. The van der Waals surface area contributed by atoms with Gasteiger partial charge in [0.2, 0.25) is 16.1 Å². The molecule has 0 bridgehead atoms. The highest BCUT2D eigenvalue weighted by Gasteiger charge is 2.33. The van der Waals surface area contributed by atoms with Crippen LogP contribution in [0.25, 0.3) is 0 Å². The SMILES string of the molecule is O=C([C@@H](Oc1ccc(S(=O)(=O)N2CCOCC2)cc1[N+](=O)[O-])c1ccccc1)N1CCCCC1. The molecule has 0 aromatic heterocycles. The molecule has 0 saturated carbocycles. The number of nitro benzene ring substituents is 1. The van der Waals surface area contributed by atoms with Gasteiger partial charge in [0, 0.05) is 37.8 Å². The number of nitrogens with zero attached hydrogens (tertiary/aromatic N) is 3. The van der Waals surface area contributed by atoms with Crippen LogP contribution >= 0.6 is 0 Å². The molecule has 2 fully saturated rings. The highest BCUT2D eigenvalue weighted by Crippen LogP contribution is 2.35. The number of morpholine rings is 1. The molecule has 0 N–H and O–H groups in total. The maximum atomic E-state index is 13.3. The van der Waals surface area contributed by atoms with Crippen LogP contribution in [0.2, 0.25) is 0 Å². The molecule has 2 aromatic rings. The van der Waals surface area contributed by atoms with Gasteiger partial charge in [-0.3, -0.25) is 14.9 Å². The van der Waals surface area contributed by atoms with Crippen LogP contribution in [-0.2, 0) is 19.6 Å². The number of likely N-dealkylation sites (tertiary alicyclic amines) is 1. The van der Waals surface area contributed by atoms with Gasteiger partial charge in [-0.15, -0.1) is 0 Å². The van der Waals surface area contributed by atoms with Crippen LogP contribution in [0.15, 0.2) is 53.4 Å². The first-order chi connectivity index (χ1) is 16.4. The Bertz CT molecular complexity index is 1130. The lowest BCUT2D eigenvalue weighted by Crippen LogP contribution is -2.40. The van der Waals surface area contributed by atoms with Crippen molar-refractivity contribution in [2.24, 2.45) is 0 Å². The topological polar surface area (TPSA) is 119 Å². The lowest BCUT2D eigenvalue weighted by molar-refractivity contribution is -0.386. The molecule has 0 unspecified atom stereocenters. The molecule has 10 nitrogen and oxygen atoms in total. The molecule has 2 aliphatic heterocycles. The first-order valence-corrected chi connectivity index (χ1v) is 12.7. The number of sulfonamides is 1. The van der Waals surface area contributed by atoms with Crippen LogP contribution in [0.5, 0.6) is 5.75 Å². The summed E-state index contributed by atoms with van der Waals surface area (Å²) in [5.74, 6) is -0.435. The van der Waals surface area contributed by atoms with Gasteiger partial charge >= 0.3 is 5.69 Å². The zero-order valence-corrected chi connectivity index (χ0v) is 19.5. The van der Waals surface area contributed by atoms with E-state index in [2.05, 4.69) is 0 Å². The molecule has 0 spiro atoms. The third kappa shape index (κ3) is 5.21. The van der Waals surface area contributed by atoms with Crippen molar-refractivity contribution < 1.29 is 27.6 Å². The van der Waals surface area contributed by atoms with E-state index in [1.807, 2.05) is 0 Å². The predicted molar refractivity (Wildman–Crippen MR) is 123 cm³/mol. The summed E-state index contributed by atoms with van der Waals surface area (Å²) in [6.07, 6.45) is 1.74. The molecule has 34 heavy (non-hydrogen) atoms. The zero-order valence-electron chi connectivity index (χ0n) is 18.7. The molecule has 4 rings (SSSR count). The Balaban J connectivity index is 1.67. The number of nitro groups is 1. The fraction of sp³-hybridized carbons (Fsp3) is 0.435. The van der Waals surface area contributed by atoms with Crippen molar-refractivity contribution in [3.63, 3.8) is 0 Å².